The van der Waals surface area contributed by atoms with Crippen molar-refractivity contribution in [2.24, 2.45) is 5.92 Å². The number of nitrogens with zero attached hydrogens (tertiary/aromatic N) is 3. The molecule has 0 saturated carbocycles. The number of nitrogens with one attached hydrogen (secondary N) is 1. The lowest BCUT2D eigenvalue weighted by Gasteiger charge is -2.42. The average Bonchev–Trinajstić information content (AvgIpc) is 2.91. The van der Waals surface area contributed by atoms with Gasteiger partial charge in [-0.15, -0.1) is 0 Å². The van der Waals surface area contributed by atoms with Crippen molar-refractivity contribution < 1.29 is 9.47 Å². The second-order valence-electron chi connectivity index (χ2n) is 6.18. The minimum absolute atomic E-state index is 0.179. The van der Waals surface area contributed by atoms with Gasteiger partial charge in [0.05, 0.1) is 5.60 Å². The molecular formula is C15H28N4O2. The van der Waals surface area contributed by atoms with Crippen molar-refractivity contribution in [2.45, 2.75) is 51.3 Å². The summed E-state index contributed by atoms with van der Waals surface area (Å²) in [6, 6.07) is 0.210. The highest BCUT2D eigenvalue weighted by molar-refractivity contribution is 5.01. The first kappa shape index (κ1) is 16.4. The molecule has 2 rings (SSSR count). The molecule has 1 N–H and O–H groups in total. The highest BCUT2D eigenvalue weighted by Crippen LogP contribution is 2.29. The Hall–Kier alpha value is -0.980. The van der Waals surface area contributed by atoms with Crippen molar-refractivity contribution in [3.63, 3.8) is 0 Å². The maximum Gasteiger partial charge on any atom is 0.138 e. The van der Waals surface area contributed by atoms with Gasteiger partial charge in [-0.05, 0) is 13.0 Å². The molecule has 1 unspecified atom stereocenters. The quantitative estimate of drug-likeness (QED) is 0.821. The summed E-state index contributed by atoms with van der Waals surface area (Å²) in [6.07, 6.45) is 4.28. The summed E-state index contributed by atoms with van der Waals surface area (Å²) >= 11 is 0. The Morgan fingerprint density at radius 3 is 2.71 bits per heavy atom. The monoisotopic (exact) mass is 296 g/mol. The number of ether oxygens (including phenoxy) is 2. The minimum Gasteiger partial charge on any atom is -0.381 e. The van der Waals surface area contributed by atoms with Crippen LogP contribution in [0.1, 0.15) is 32.5 Å². The standard InChI is InChI=1S/C15H28N4O2/c1-12(2)10-19-14(17-11-18-19)9-13(16-3)15(20-4)5-7-21-8-6-15/h11-13,16H,5-10H2,1-4H3. The molecule has 1 saturated heterocycles. The number of hydrogen-bond acceptors (Lipinski definition) is 5. The number of rotatable bonds is 7. The van der Waals surface area contributed by atoms with Gasteiger partial charge in [0.1, 0.15) is 12.2 Å². The molecule has 6 nitrogen and oxygen atoms in total. The molecule has 120 valence electrons. The fourth-order valence-electron chi connectivity index (χ4n) is 3.09. The summed E-state index contributed by atoms with van der Waals surface area (Å²) in [7, 11) is 3.79. The SMILES string of the molecule is CNC(Cc1ncnn1CC(C)C)C1(OC)CCOCC1. The Labute approximate surface area is 127 Å². The second kappa shape index (κ2) is 7.33. The smallest absolute Gasteiger partial charge is 0.138 e. The van der Waals surface area contributed by atoms with Crippen LogP contribution in [0.2, 0.25) is 0 Å². The van der Waals surface area contributed by atoms with E-state index in [0.29, 0.717) is 5.92 Å². The number of aromatic nitrogens is 3. The van der Waals surface area contributed by atoms with Gasteiger partial charge in [0.2, 0.25) is 0 Å². The molecule has 1 fully saturated rings. The van der Waals surface area contributed by atoms with Crippen molar-refractivity contribution in [3.8, 4) is 0 Å². The highest BCUT2D eigenvalue weighted by atomic mass is 16.5. The molecule has 1 aliphatic rings. The molecule has 1 aliphatic heterocycles. The van der Waals surface area contributed by atoms with E-state index in [1.807, 2.05) is 11.7 Å². The van der Waals surface area contributed by atoms with Crippen molar-refractivity contribution in [3.05, 3.63) is 12.2 Å². The van der Waals surface area contributed by atoms with Crippen molar-refractivity contribution in [2.75, 3.05) is 27.4 Å². The van der Waals surface area contributed by atoms with Crippen LogP contribution in [0, 0.1) is 5.92 Å². The van der Waals surface area contributed by atoms with Crippen LogP contribution in [0.4, 0.5) is 0 Å². The minimum atomic E-state index is -0.179. The molecule has 1 aromatic rings. The third-order valence-electron chi connectivity index (χ3n) is 4.35. The molecule has 0 spiro atoms. The zero-order chi connectivity index (χ0) is 15.3. The van der Waals surface area contributed by atoms with E-state index in [1.54, 1.807) is 13.4 Å². The fourth-order valence-corrected chi connectivity index (χ4v) is 3.09. The van der Waals surface area contributed by atoms with Gasteiger partial charge in [0.15, 0.2) is 0 Å². The molecule has 0 radical (unpaired) electrons. The van der Waals surface area contributed by atoms with E-state index < -0.39 is 0 Å². The molecule has 6 heteroatoms. The average molecular weight is 296 g/mol. The Kier molecular flexibility index (Phi) is 5.72. The van der Waals surface area contributed by atoms with Crippen LogP contribution >= 0.6 is 0 Å². The zero-order valence-electron chi connectivity index (χ0n) is 13.6. The third-order valence-corrected chi connectivity index (χ3v) is 4.35. The summed E-state index contributed by atoms with van der Waals surface area (Å²) in [4.78, 5) is 4.44. The van der Waals surface area contributed by atoms with Crippen LogP contribution in [0.3, 0.4) is 0 Å². The molecule has 0 aromatic carbocycles. The van der Waals surface area contributed by atoms with Crippen LogP contribution in [0.5, 0.6) is 0 Å². The van der Waals surface area contributed by atoms with E-state index in [9.17, 15) is 0 Å². The maximum atomic E-state index is 5.90. The number of methoxy groups -OCH3 is 1. The summed E-state index contributed by atoms with van der Waals surface area (Å²) in [6.45, 7) is 6.79. The van der Waals surface area contributed by atoms with E-state index in [2.05, 4.69) is 29.2 Å². The van der Waals surface area contributed by atoms with Gasteiger partial charge in [-0.1, -0.05) is 13.8 Å². The normalized spacial score (nSPS) is 19.9. The van der Waals surface area contributed by atoms with E-state index in [0.717, 1.165) is 44.8 Å². The number of likely N-dealkylation sites (N-methyl/N-ethyl adjacent to an activating group) is 1. The van der Waals surface area contributed by atoms with Crippen LogP contribution in [-0.2, 0) is 22.4 Å². The second-order valence-corrected chi connectivity index (χ2v) is 6.18. The first-order valence-electron chi connectivity index (χ1n) is 7.78. The van der Waals surface area contributed by atoms with Gasteiger partial charge in [-0.3, -0.25) is 0 Å². The van der Waals surface area contributed by atoms with E-state index in [1.165, 1.54) is 0 Å². The van der Waals surface area contributed by atoms with Crippen molar-refractivity contribution in [1.82, 2.24) is 20.1 Å². The molecule has 0 bridgehead atoms. The van der Waals surface area contributed by atoms with Crippen LogP contribution in [-0.4, -0.2) is 53.8 Å². The van der Waals surface area contributed by atoms with E-state index in [4.69, 9.17) is 9.47 Å². The predicted octanol–water partition coefficient (Wildman–Crippen LogP) is 1.26. The van der Waals surface area contributed by atoms with Gasteiger partial charge in [-0.2, -0.15) is 5.10 Å². The van der Waals surface area contributed by atoms with Crippen LogP contribution in [0.25, 0.3) is 0 Å². The predicted molar refractivity (Wildman–Crippen MR) is 81.2 cm³/mol. The van der Waals surface area contributed by atoms with Crippen molar-refractivity contribution >= 4 is 0 Å². The Balaban J connectivity index is 2.13. The van der Waals surface area contributed by atoms with Gasteiger partial charge >= 0.3 is 0 Å². The Morgan fingerprint density at radius 1 is 1.43 bits per heavy atom. The van der Waals surface area contributed by atoms with Gasteiger partial charge in [0, 0.05) is 52.2 Å². The first-order chi connectivity index (χ1) is 10.1. The lowest BCUT2D eigenvalue weighted by molar-refractivity contribution is -0.109. The largest absolute Gasteiger partial charge is 0.381 e. The van der Waals surface area contributed by atoms with Gasteiger partial charge < -0.3 is 14.8 Å². The van der Waals surface area contributed by atoms with Gasteiger partial charge in [-0.25, -0.2) is 9.67 Å². The van der Waals surface area contributed by atoms with Gasteiger partial charge in [0.25, 0.3) is 0 Å². The summed E-state index contributed by atoms with van der Waals surface area (Å²) < 4.78 is 13.4. The molecular weight excluding hydrogens is 268 g/mol. The lowest BCUT2D eigenvalue weighted by atomic mass is 9.84. The molecule has 0 amide bonds. The third kappa shape index (κ3) is 3.81. The highest BCUT2D eigenvalue weighted by Gasteiger charge is 2.40. The topological polar surface area (TPSA) is 61.2 Å². The molecule has 0 aliphatic carbocycles. The summed E-state index contributed by atoms with van der Waals surface area (Å²) in [5.74, 6) is 1.57. The van der Waals surface area contributed by atoms with Crippen LogP contribution in [0.15, 0.2) is 6.33 Å². The Morgan fingerprint density at radius 2 is 2.14 bits per heavy atom. The molecule has 21 heavy (non-hydrogen) atoms. The zero-order valence-corrected chi connectivity index (χ0v) is 13.6. The Bertz CT molecular complexity index is 427. The molecule has 1 atom stereocenters. The molecule has 2 heterocycles. The van der Waals surface area contributed by atoms with E-state index >= 15 is 0 Å². The molecule has 1 aromatic heterocycles. The van der Waals surface area contributed by atoms with E-state index in [-0.39, 0.29) is 11.6 Å². The first-order valence-corrected chi connectivity index (χ1v) is 7.78. The van der Waals surface area contributed by atoms with Crippen LogP contribution < -0.4 is 5.32 Å². The fraction of sp³-hybridized carbons (Fsp3) is 0.867. The number of hydrogen-bond donors (Lipinski definition) is 1. The maximum absolute atomic E-state index is 5.90. The lowest BCUT2D eigenvalue weighted by Crippen LogP contribution is -2.55. The summed E-state index contributed by atoms with van der Waals surface area (Å²) in [5, 5.41) is 7.77. The summed E-state index contributed by atoms with van der Waals surface area (Å²) in [5.41, 5.74) is -0.179. The van der Waals surface area contributed by atoms with Crippen molar-refractivity contribution in [1.29, 1.82) is 0 Å².